The molecule has 0 spiro atoms. The monoisotopic (exact) mass is 123 g/mol. The molecule has 0 aliphatic heterocycles. The second-order valence-corrected chi connectivity index (χ2v) is 1.64. The fraction of sp³-hybridized carbons (Fsp3) is 1.00. The minimum Gasteiger partial charge on any atom is -0.314 e. The van der Waals surface area contributed by atoms with Gasteiger partial charge in [-0.25, -0.2) is 0 Å². The molecular formula is C3H10NO2P. The van der Waals surface area contributed by atoms with Gasteiger partial charge in [-0.15, -0.1) is 0 Å². The third kappa shape index (κ3) is 3.99. The van der Waals surface area contributed by atoms with E-state index in [1.807, 2.05) is 6.92 Å². The van der Waals surface area contributed by atoms with Gasteiger partial charge in [0.25, 0.3) is 0 Å². The summed E-state index contributed by atoms with van der Waals surface area (Å²) >= 11 is 0. The zero-order valence-corrected chi connectivity index (χ0v) is 5.41. The summed E-state index contributed by atoms with van der Waals surface area (Å²) in [5.74, 6) is 0. The van der Waals surface area contributed by atoms with E-state index in [0.717, 1.165) is 6.42 Å². The zero-order valence-electron chi connectivity index (χ0n) is 4.26. The third-order valence-corrected chi connectivity index (χ3v) is 1.09. The summed E-state index contributed by atoms with van der Waals surface area (Å²) in [6, 6.07) is 0. The first kappa shape index (κ1) is 7.15. The third-order valence-electron chi connectivity index (χ3n) is 0.633. The molecule has 0 bridgehead atoms. The van der Waals surface area contributed by atoms with Gasteiger partial charge in [0.05, 0.1) is 0 Å². The van der Waals surface area contributed by atoms with Crippen molar-refractivity contribution in [1.82, 2.24) is 0 Å². The fourth-order valence-corrected chi connectivity index (χ4v) is 0.503. The van der Waals surface area contributed by atoms with Crippen molar-refractivity contribution >= 4 is 8.69 Å². The molecule has 0 heterocycles. The van der Waals surface area contributed by atoms with Crippen LogP contribution in [-0.2, 0) is 9.09 Å². The van der Waals surface area contributed by atoms with Gasteiger partial charge in [0.2, 0.25) is 0 Å². The van der Waals surface area contributed by atoms with Gasteiger partial charge in [-0.05, 0) is 6.42 Å². The first-order valence-electron chi connectivity index (χ1n) is 2.16. The van der Waals surface area contributed by atoms with Crippen molar-refractivity contribution in [2.75, 3.05) is 0 Å². The van der Waals surface area contributed by atoms with E-state index >= 15 is 0 Å². The van der Waals surface area contributed by atoms with Crippen LogP contribution in [-0.4, -0.2) is 6.23 Å². The van der Waals surface area contributed by atoms with E-state index in [1.165, 1.54) is 0 Å². The molecular weight excluding hydrogens is 113 g/mol. The maximum absolute atomic E-state index is 9.68. The van der Waals surface area contributed by atoms with Crippen molar-refractivity contribution in [3.8, 4) is 0 Å². The average Bonchev–Trinajstić information content (AvgIpc) is 1.68. The van der Waals surface area contributed by atoms with Crippen LogP contribution < -0.4 is 5.73 Å². The summed E-state index contributed by atoms with van der Waals surface area (Å²) in [5, 5.41) is 0. The summed E-state index contributed by atoms with van der Waals surface area (Å²) in [6.07, 6.45) is 0.391. The van der Waals surface area contributed by atoms with Crippen LogP contribution >= 0.6 is 8.69 Å². The summed E-state index contributed by atoms with van der Waals surface area (Å²) in [6.45, 7) is 1.87. The standard InChI is InChI=1S/C3H10NO2P/c1-2-3(4)6-7-5/h3H,2,4,7H2,1H3. The molecule has 0 amide bonds. The largest absolute Gasteiger partial charge is 0.314 e. The highest BCUT2D eigenvalue weighted by Gasteiger charge is 1.91. The molecule has 2 N–H and O–H groups in total. The van der Waals surface area contributed by atoms with Crippen LogP contribution in [0.15, 0.2) is 0 Å². The highest BCUT2D eigenvalue weighted by Crippen LogP contribution is 1.99. The highest BCUT2D eigenvalue weighted by atomic mass is 31.1. The fourth-order valence-electron chi connectivity index (χ4n) is 0.168. The minimum atomic E-state index is -1.12. The molecule has 7 heavy (non-hydrogen) atoms. The Hall–Kier alpha value is 0.150. The Morgan fingerprint density at radius 2 is 2.57 bits per heavy atom. The lowest BCUT2D eigenvalue weighted by molar-refractivity contribution is 0.227. The van der Waals surface area contributed by atoms with E-state index in [9.17, 15) is 4.57 Å². The summed E-state index contributed by atoms with van der Waals surface area (Å²) in [7, 11) is -1.12. The van der Waals surface area contributed by atoms with Gasteiger partial charge in [0, 0.05) is 0 Å². The average molecular weight is 123 g/mol. The van der Waals surface area contributed by atoms with Crippen LogP contribution in [0, 0.1) is 0 Å². The molecule has 0 saturated heterocycles. The second kappa shape index (κ2) is 4.31. The van der Waals surface area contributed by atoms with Crippen molar-refractivity contribution in [2.24, 2.45) is 5.73 Å². The van der Waals surface area contributed by atoms with Crippen molar-refractivity contribution < 1.29 is 9.09 Å². The molecule has 0 aliphatic carbocycles. The van der Waals surface area contributed by atoms with Crippen molar-refractivity contribution in [3.05, 3.63) is 0 Å². The first-order valence-corrected chi connectivity index (χ1v) is 3.10. The molecule has 44 valence electrons. The van der Waals surface area contributed by atoms with Gasteiger partial charge in [-0.1, -0.05) is 6.92 Å². The highest BCUT2D eigenvalue weighted by molar-refractivity contribution is 7.17. The molecule has 0 aromatic rings. The van der Waals surface area contributed by atoms with Crippen LogP contribution in [0.5, 0.6) is 0 Å². The summed E-state index contributed by atoms with van der Waals surface area (Å²) in [4.78, 5) is 0. The topological polar surface area (TPSA) is 52.3 Å². The molecule has 0 saturated carbocycles. The predicted molar refractivity (Wildman–Crippen MR) is 29.7 cm³/mol. The number of nitrogens with two attached hydrogens (primary N) is 1. The van der Waals surface area contributed by atoms with Crippen molar-refractivity contribution in [3.63, 3.8) is 0 Å². The molecule has 0 aromatic heterocycles. The summed E-state index contributed by atoms with van der Waals surface area (Å²) in [5.41, 5.74) is 5.18. The lowest BCUT2D eigenvalue weighted by Crippen LogP contribution is -2.17. The molecule has 0 fully saturated rings. The van der Waals surface area contributed by atoms with E-state index in [1.54, 1.807) is 0 Å². The Morgan fingerprint density at radius 3 is 2.71 bits per heavy atom. The molecule has 2 unspecified atom stereocenters. The maximum Gasteiger partial charge on any atom is 0.181 e. The van der Waals surface area contributed by atoms with Crippen molar-refractivity contribution in [1.29, 1.82) is 0 Å². The molecule has 0 rings (SSSR count). The normalized spacial score (nSPS) is 15.7. The maximum atomic E-state index is 9.68. The van der Waals surface area contributed by atoms with Gasteiger partial charge in [0.15, 0.2) is 8.69 Å². The quantitative estimate of drug-likeness (QED) is 0.435. The van der Waals surface area contributed by atoms with E-state index in [4.69, 9.17) is 5.73 Å². The van der Waals surface area contributed by atoms with E-state index in [2.05, 4.69) is 4.52 Å². The van der Waals surface area contributed by atoms with Gasteiger partial charge >= 0.3 is 0 Å². The Balaban J connectivity index is 2.98. The van der Waals surface area contributed by atoms with Gasteiger partial charge < -0.3 is 10.3 Å². The molecule has 2 atom stereocenters. The SMILES string of the molecule is CCC(N)O[PH2]=O. The Labute approximate surface area is 44.1 Å². The zero-order chi connectivity index (χ0) is 5.70. The molecule has 0 aromatic carbocycles. The second-order valence-electron chi connectivity index (χ2n) is 1.18. The summed E-state index contributed by atoms with van der Waals surface area (Å²) < 4.78 is 14.2. The molecule has 0 aliphatic rings. The molecule has 4 heteroatoms. The number of hydrogen-bond donors (Lipinski definition) is 1. The van der Waals surface area contributed by atoms with Crippen LogP contribution in [0.2, 0.25) is 0 Å². The van der Waals surface area contributed by atoms with Crippen LogP contribution in [0.25, 0.3) is 0 Å². The van der Waals surface area contributed by atoms with E-state index in [-0.39, 0.29) is 6.23 Å². The molecule has 3 nitrogen and oxygen atoms in total. The van der Waals surface area contributed by atoms with Gasteiger partial charge in [-0.2, -0.15) is 0 Å². The van der Waals surface area contributed by atoms with Crippen LogP contribution in [0.1, 0.15) is 13.3 Å². The smallest absolute Gasteiger partial charge is 0.181 e. The molecule has 0 radical (unpaired) electrons. The Bertz CT molecular complexity index is 58.9. The first-order chi connectivity index (χ1) is 3.31. The Morgan fingerprint density at radius 1 is 2.00 bits per heavy atom. The van der Waals surface area contributed by atoms with Gasteiger partial charge in [0.1, 0.15) is 6.23 Å². The van der Waals surface area contributed by atoms with Crippen molar-refractivity contribution in [2.45, 2.75) is 19.6 Å². The number of rotatable bonds is 3. The van der Waals surface area contributed by atoms with E-state index in [0.29, 0.717) is 0 Å². The van der Waals surface area contributed by atoms with Crippen LogP contribution in [0.3, 0.4) is 0 Å². The predicted octanol–water partition coefficient (Wildman–Crippen LogP) is 0.369. The Kier molecular flexibility index (Phi) is 4.41. The van der Waals surface area contributed by atoms with E-state index < -0.39 is 8.69 Å². The lowest BCUT2D eigenvalue weighted by Gasteiger charge is -2.01. The lowest BCUT2D eigenvalue weighted by atomic mass is 10.5. The van der Waals surface area contributed by atoms with Gasteiger partial charge in [-0.3, -0.25) is 4.57 Å². The minimum absolute atomic E-state index is 0.326. The number of hydrogen-bond acceptors (Lipinski definition) is 3. The van der Waals surface area contributed by atoms with Crippen LogP contribution in [0.4, 0.5) is 0 Å².